The van der Waals surface area contributed by atoms with Crippen LogP contribution in [-0.4, -0.2) is 40.1 Å². The molecule has 0 spiro atoms. The van der Waals surface area contributed by atoms with Gasteiger partial charge in [-0.15, -0.1) is 0 Å². The average Bonchev–Trinajstić information content (AvgIpc) is 3.02. The Bertz CT molecular complexity index is 915. The molecule has 1 aliphatic rings. The van der Waals surface area contributed by atoms with Crippen LogP contribution in [0.5, 0.6) is 0 Å². The third kappa shape index (κ3) is 4.73. The minimum Gasteiger partial charge on any atom is -0.320 e. The number of Topliss-reactive ketones (excluding diaryl/α,β-unsaturated/α-hetero) is 1. The molecule has 1 aromatic heterocycles. The summed E-state index contributed by atoms with van der Waals surface area (Å²) in [5, 5.41) is 9.00. The topological polar surface area (TPSA) is 74.1 Å². The van der Waals surface area contributed by atoms with Crippen LogP contribution < -0.4 is 0 Å². The zero-order valence-electron chi connectivity index (χ0n) is 14.8. The van der Waals surface area contributed by atoms with Crippen LogP contribution in [0.3, 0.4) is 0 Å². The first-order valence-corrected chi connectivity index (χ1v) is 9.48. The largest absolute Gasteiger partial charge is 0.320 e. The molecule has 1 aromatic carbocycles. The average molecular weight is 401 g/mol. The van der Waals surface area contributed by atoms with Crippen LogP contribution in [0.1, 0.15) is 29.6 Å². The number of carbonyl (C=O) groups excluding carboxylic acids is 2. The Morgan fingerprint density at radius 2 is 2.00 bits per heavy atom. The highest BCUT2D eigenvalue weighted by atomic mass is 32.2. The monoisotopic (exact) mass is 401 g/mol. The number of amides is 1. The number of likely N-dealkylation sites (tertiary alicyclic amines) is 1. The zero-order valence-corrected chi connectivity index (χ0v) is 15.7. The Morgan fingerprint density at radius 1 is 1.25 bits per heavy atom. The summed E-state index contributed by atoms with van der Waals surface area (Å²) in [6.07, 6.45) is 2.08. The van der Waals surface area contributed by atoms with E-state index in [0.29, 0.717) is 10.5 Å². The normalized spacial score (nSPS) is 17.9. The van der Waals surface area contributed by atoms with Gasteiger partial charge in [-0.1, -0.05) is 30.0 Å². The number of rotatable bonds is 6. The number of alkyl halides is 2. The van der Waals surface area contributed by atoms with Gasteiger partial charge in [0.25, 0.3) is 5.92 Å². The van der Waals surface area contributed by atoms with Gasteiger partial charge in [0.2, 0.25) is 5.91 Å². The summed E-state index contributed by atoms with van der Waals surface area (Å²) in [6, 6.07) is 11.6. The predicted molar refractivity (Wildman–Crippen MR) is 99.0 cm³/mol. The molecule has 1 atom stereocenters. The number of halogens is 2. The molecule has 8 heteroatoms. The van der Waals surface area contributed by atoms with Crippen LogP contribution in [0, 0.1) is 11.3 Å². The first-order valence-electron chi connectivity index (χ1n) is 8.67. The molecule has 0 N–H and O–H groups in total. The Balaban J connectivity index is 1.66. The van der Waals surface area contributed by atoms with E-state index in [0.717, 1.165) is 9.80 Å². The van der Waals surface area contributed by atoms with E-state index in [2.05, 4.69) is 4.98 Å². The number of hydrogen-bond donors (Lipinski definition) is 0. The van der Waals surface area contributed by atoms with Crippen molar-refractivity contribution in [2.24, 2.45) is 0 Å². The third-order valence-corrected chi connectivity index (χ3v) is 5.41. The molecular weight excluding hydrogens is 384 g/mol. The van der Waals surface area contributed by atoms with Gasteiger partial charge in [-0.25, -0.2) is 8.78 Å². The van der Waals surface area contributed by atoms with Gasteiger partial charge < -0.3 is 4.90 Å². The van der Waals surface area contributed by atoms with Gasteiger partial charge in [-0.3, -0.25) is 14.6 Å². The highest BCUT2D eigenvalue weighted by molar-refractivity contribution is 7.99. The van der Waals surface area contributed by atoms with E-state index in [-0.39, 0.29) is 18.6 Å². The molecule has 0 unspecified atom stereocenters. The van der Waals surface area contributed by atoms with Crippen molar-refractivity contribution in [1.29, 1.82) is 5.26 Å². The Hall–Kier alpha value is -2.79. The molecule has 2 aromatic rings. The van der Waals surface area contributed by atoms with Crippen molar-refractivity contribution < 1.29 is 18.4 Å². The van der Waals surface area contributed by atoms with Crippen molar-refractivity contribution in [3.63, 3.8) is 0 Å². The lowest BCUT2D eigenvalue weighted by atomic mass is 10.1. The van der Waals surface area contributed by atoms with E-state index >= 15 is 0 Å². The fourth-order valence-corrected chi connectivity index (χ4v) is 3.95. The Kier molecular flexibility index (Phi) is 6.05. The first-order chi connectivity index (χ1) is 13.4. The number of hydrogen-bond acceptors (Lipinski definition) is 5. The van der Waals surface area contributed by atoms with Crippen LogP contribution in [0.4, 0.5) is 8.78 Å². The van der Waals surface area contributed by atoms with E-state index in [1.807, 2.05) is 30.3 Å². The number of nitrogens with zero attached hydrogens (tertiary/aromatic N) is 3. The molecule has 1 saturated heterocycles. The number of benzene rings is 1. The van der Waals surface area contributed by atoms with Gasteiger partial charge in [0.15, 0.2) is 5.78 Å². The summed E-state index contributed by atoms with van der Waals surface area (Å²) in [4.78, 5) is 31.4. The molecule has 0 bridgehead atoms. The molecule has 1 fully saturated rings. The third-order valence-electron chi connectivity index (χ3n) is 4.36. The van der Waals surface area contributed by atoms with Crippen LogP contribution in [-0.2, 0) is 4.79 Å². The molecule has 1 aliphatic heterocycles. The molecule has 0 radical (unpaired) electrons. The fraction of sp³-hybridized carbons (Fsp3) is 0.300. The van der Waals surface area contributed by atoms with Crippen LogP contribution in [0.15, 0.2) is 58.6 Å². The molecule has 3 rings (SSSR count). The summed E-state index contributed by atoms with van der Waals surface area (Å²) in [6.45, 7) is -0.775. The number of nitriles is 1. The first kappa shape index (κ1) is 20.0. The molecule has 144 valence electrons. The smallest absolute Gasteiger partial charge is 0.268 e. The summed E-state index contributed by atoms with van der Waals surface area (Å²) < 4.78 is 27.0. The molecule has 28 heavy (non-hydrogen) atoms. The van der Waals surface area contributed by atoms with E-state index in [9.17, 15) is 18.4 Å². The van der Waals surface area contributed by atoms with Crippen molar-refractivity contribution in [3.05, 3.63) is 54.4 Å². The van der Waals surface area contributed by atoms with Crippen molar-refractivity contribution in [2.75, 3.05) is 6.54 Å². The van der Waals surface area contributed by atoms with E-state index in [1.165, 1.54) is 18.0 Å². The molecular formula is C20H17F2N3O2S. The minimum absolute atomic E-state index is 0.120. The van der Waals surface area contributed by atoms with Crippen LogP contribution in [0.2, 0.25) is 0 Å². The van der Waals surface area contributed by atoms with Gasteiger partial charge >= 0.3 is 0 Å². The van der Waals surface area contributed by atoms with Crippen molar-refractivity contribution in [2.45, 2.75) is 41.0 Å². The standard InChI is InChI=1S/C20H17F2N3O2S/c21-20(22)10-14(11-23)25(13-20)19(27)7-6-17(26)16-8-9-24-12-18(16)28-15-4-2-1-3-5-15/h1-5,8-9,12,14H,6-7,10,13H2/t14-/m0/s1. The van der Waals surface area contributed by atoms with E-state index in [4.69, 9.17) is 5.26 Å². The second-order valence-corrected chi connectivity index (χ2v) is 7.55. The Labute approximate surface area is 165 Å². The number of ketones is 1. The quantitative estimate of drug-likeness (QED) is 0.685. The van der Waals surface area contributed by atoms with E-state index in [1.54, 1.807) is 18.3 Å². The number of carbonyl (C=O) groups is 2. The Morgan fingerprint density at radius 3 is 2.71 bits per heavy atom. The van der Waals surface area contributed by atoms with Crippen molar-refractivity contribution in [1.82, 2.24) is 9.88 Å². The number of aromatic nitrogens is 1. The van der Waals surface area contributed by atoms with Gasteiger partial charge in [-0.05, 0) is 18.2 Å². The van der Waals surface area contributed by atoms with Gasteiger partial charge in [0.1, 0.15) is 6.04 Å². The SMILES string of the molecule is N#C[C@@H]1CC(F)(F)CN1C(=O)CCC(=O)c1ccncc1Sc1ccccc1. The summed E-state index contributed by atoms with van der Waals surface area (Å²) >= 11 is 1.38. The molecule has 0 saturated carbocycles. The predicted octanol–water partition coefficient (Wildman–Crippen LogP) is 3.96. The summed E-state index contributed by atoms with van der Waals surface area (Å²) in [5.41, 5.74) is 0.431. The lowest BCUT2D eigenvalue weighted by molar-refractivity contribution is -0.132. The maximum absolute atomic E-state index is 13.5. The molecule has 0 aliphatic carbocycles. The highest BCUT2D eigenvalue weighted by Gasteiger charge is 2.47. The fourth-order valence-electron chi connectivity index (χ4n) is 3.00. The minimum atomic E-state index is -3.06. The molecule has 5 nitrogen and oxygen atoms in total. The zero-order chi connectivity index (χ0) is 20.1. The van der Waals surface area contributed by atoms with Gasteiger partial charge in [0, 0.05) is 47.0 Å². The maximum Gasteiger partial charge on any atom is 0.268 e. The second kappa shape index (κ2) is 8.48. The maximum atomic E-state index is 13.5. The van der Waals surface area contributed by atoms with Crippen LogP contribution in [0.25, 0.3) is 0 Å². The lowest BCUT2D eigenvalue weighted by Gasteiger charge is -2.19. The molecule has 2 heterocycles. The highest BCUT2D eigenvalue weighted by Crippen LogP contribution is 2.33. The van der Waals surface area contributed by atoms with Crippen molar-refractivity contribution in [3.8, 4) is 6.07 Å². The van der Waals surface area contributed by atoms with E-state index < -0.39 is 30.8 Å². The molecule has 1 amide bonds. The van der Waals surface area contributed by atoms with Crippen molar-refractivity contribution >= 4 is 23.5 Å². The summed E-state index contributed by atoms with van der Waals surface area (Å²) in [7, 11) is 0. The summed E-state index contributed by atoms with van der Waals surface area (Å²) in [5.74, 6) is -3.94. The van der Waals surface area contributed by atoms with Crippen LogP contribution >= 0.6 is 11.8 Å². The van der Waals surface area contributed by atoms with Gasteiger partial charge in [0.05, 0.1) is 12.6 Å². The van der Waals surface area contributed by atoms with Gasteiger partial charge in [-0.2, -0.15) is 5.26 Å². The lowest BCUT2D eigenvalue weighted by Crippen LogP contribution is -2.36. The second-order valence-electron chi connectivity index (χ2n) is 6.44. The number of pyridine rings is 1.